The molecule has 1 aliphatic carbocycles. The van der Waals surface area contributed by atoms with Crippen LogP contribution in [-0.4, -0.2) is 3.21 Å². The Morgan fingerprint density at radius 1 is 0.569 bits per heavy atom. The fourth-order valence-corrected chi connectivity index (χ4v) is 8.85. The molecule has 0 nitrogen and oxygen atoms in total. The van der Waals surface area contributed by atoms with E-state index in [0.717, 1.165) is 6.42 Å². The molecule has 0 radical (unpaired) electrons. The summed E-state index contributed by atoms with van der Waals surface area (Å²) < 4.78 is 1.79. The fourth-order valence-electron chi connectivity index (χ4n) is 7.98. The molecule has 0 aliphatic heterocycles. The molecular formula is C55H60Cl2Zr-2. The van der Waals surface area contributed by atoms with Gasteiger partial charge in [0, 0.05) is 0 Å². The predicted octanol–water partition coefficient (Wildman–Crippen LogP) is 9.79. The Kier molecular flexibility index (Phi) is 17.2. The van der Waals surface area contributed by atoms with Gasteiger partial charge in [0.05, 0.1) is 0 Å². The molecule has 0 heterocycles. The standard InChI is InChI=1S/C41H37.C9H18.C5H5.2ClH.Zr/c1-40(2,3)38-24-34-28(22-36(38)32-19-11-15-26-13-7-9-17-30(26)32)21-29-23-37(39(25-35(29)34)41(4,5)6)33-20-12-16-27-14-8-10-18-31(27)33;1-3-5-7-9-8-6-4-2;1-2-4-5-3-1;;;/h7-20,22,24-25H,21H2,1-6H3;3-8H2,1-2H3;1-5H;2*1H;/q-1;;-1;;;+2/p-2. The average Bonchev–Trinajstić information content (AvgIpc) is 3.89. The summed E-state index contributed by atoms with van der Waals surface area (Å²) in [6.45, 7) is 18.6. The second kappa shape index (κ2) is 21.2. The van der Waals surface area contributed by atoms with E-state index in [2.05, 4.69) is 165 Å². The molecular weight excluding hydrogens is 823 g/mol. The van der Waals surface area contributed by atoms with Crippen LogP contribution in [-0.2, 0) is 41.5 Å². The maximum absolute atomic E-state index is 4.00. The number of halogens is 2. The predicted molar refractivity (Wildman–Crippen MR) is 243 cm³/mol. The van der Waals surface area contributed by atoms with Crippen molar-refractivity contribution in [3.05, 3.63) is 162 Å². The van der Waals surface area contributed by atoms with Gasteiger partial charge in [-0.15, -0.1) is 28.8 Å². The van der Waals surface area contributed by atoms with Gasteiger partial charge >= 0.3 is 79.8 Å². The number of unbranched alkanes of at least 4 members (excludes halogenated alkanes) is 2. The van der Waals surface area contributed by atoms with Crippen molar-refractivity contribution in [2.45, 2.75) is 111 Å². The summed E-state index contributed by atoms with van der Waals surface area (Å²) in [7, 11) is 0. The first-order chi connectivity index (χ1) is 26.9. The largest absolute Gasteiger partial charge is 1.00 e. The quantitative estimate of drug-likeness (QED) is 0.134. The number of rotatable bonds is 8. The molecule has 7 aromatic rings. The summed E-state index contributed by atoms with van der Waals surface area (Å²) in [6.07, 6.45) is 9.22. The van der Waals surface area contributed by atoms with Crippen LogP contribution >= 0.6 is 0 Å². The molecule has 300 valence electrons. The van der Waals surface area contributed by atoms with Gasteiger partial charge < -0.3 is 24.8 Å². The topological polar surface area (TPSA) is 0 Å². The first-order valence-electron chi connectivity index (χ1n) is 20.9. The van der Waals surface area contributed by atoms with E-state index in [4.69, 9.17) is 0 Å². The van der Waals surface area contributed by atoms with Crippen LogP contribution in [0.4, 0.5) is 0 Å². The van der Waals surface area contributed by atoms with Gasteiger partial charge in [0.15, 0.2) is 0 Å². The minimum atomic E-state index is -0.0175. The van der Waals surface area contributed by atoms with E-state index in [0.29, 0.717) is 0 Å². The van der Waals surface area contributed by atoms with Crippen molar-refractivity contribution >= 4 is 24.8 Å². The third kappa shape index (κ3) is 11.2. The Morgan fingerprint density at radius 2 is 1.07 bits per heavy atom. The minimum Gasteiger partial charge on any atom is -1.00 e. The van der Waals surface area contributed by atoms with Gasteiger partial charge in [-0.1, -0.05) is 161 Å². The van der Waals surface area contributed by atoms with Gasteiger partial charge in [-0.25, -0.2) is 12.1 Å². The Bertz CT molecular complexity index is 2220. The summed E-state index contributed by atoms with van der Waals surface area (Å²) in [5.41, 5.74) is 13.4. The summed E-state index contributed by atoms with van der Waals surface area (Å²) in [5.74, 6) is 0. The van der Waals surface area contributed by atoms with Crippen molar-refractivity contribution in [1.82, 2.24) is 0 Å². The van der Waals surface area contributed by atoms with Crippen molar-refractivity contribution in [3.63, 3.8) is 0 Å². The second-order valence-corrected chi connectivity index (χ2v) is 19.2. The Morgan fingerprint density at radius 3 is 1.59 bits per heavy atom. The van der Waals surface area contributed by atoms with E-state index in [1.54, 1.807) is 27.4 Å². The van der Waals surface area contributed by atoms with E-state index >= 15 is 0 Å². The SMILES string of the molecule is CC(C)(C)c1cc2c([c-]c1-c1cccc3ccccc13)Cc1cc(-c3cccc4ccccc34)c(C(C)(C)C)cc1-2.CCCC[C](=[Zr+2])CCCC.[Cl-].[Cl-].c1cc[cH-]c1. The number of fused-ring (bicyclic) bond motifs is 5. The third-order valence-electron chi connectivity index (χ3n) is 11.0. The van der Waals surface area contributed by atoms with Crippen molar-refractivity contribution in [1.29, 1.82) is 0 Å². The fraction of sp³-hybridized carbons (Fsp3) is 0.309. The van der Waals surface area contributed by atoms with Crippen LogP contribution in [0.15, 0.2) is 133 Å². The molecule has 0 unspecified atom stereocenters. The van der Waals surface area contributed by atoms with Crippen LogP contribution in [0, 0.1) is 6.07 Å². The molecule has 0 bridgehead atoms. The summed E-state index contributed by atoms with van der Waals surface area (Å²) in [6, 6.07) is 52.4. The maximum atomic E-state index is 4.00. The average molecular weight is 883 g/mol. The van der Waals surface area contributed by atoms with Gasteiger partial charge in [0.1, 0.15) is 0 Å². The molecule has 0 saturated heterocycles. The zero-order chi connectivity index (χ0) is 39.9. The van der Waals surface area contributed by atoms with E-state index in [-0.39, 0.29) is 35.6 Å². The summed E-state index contributed by atoms with van der Waals surface area (Å²) >= 11 is 1.67. The van der Waals surface area contributed by atoms with Gasteiger partial charge in [-0.3, -0.25) is 0 Å². The van der Waals surface area contributed by atoms with E-state index in [1.807, 2.05) is 30.3 Å². The maximum Gasteiger partial charge on any atom is -0.172 e. The zero-order valence-corrected chi connectivity index (χ0v) is 39.9. The van der Waals surface area contributed by atoms with Gasteiger partial charge in [0.25, 0.3) is 0 Å². The molecule has 7 aromatic carbocycles. The molecule has 0 N–H and O–H groups in total. The first-order valence-corrected chi connectivity index (χ1v) is 22.1. The van der Waals surface area contributed by atoms with Crippen LogP contribution < -0.4 is 24.8 Å². The van der Waals surface area contributed by atoms with Crippen molar-refractivity contribution in [2.75, 3.05) is 0 Å². The van der Waals surface area contributed by atoms with Gasteiger partial charge in [-0.05, 0) is 55.7 Å². The Balaban J connectivity index is 0.000000372. The van der Waals surface area contributed by atoms with Crippen LogP contribution in [0.5, 0.6) is 0 Å². The van der Waals surface area contributed by atoms with Crippen LogP contribution in [0.25, 0.3) is 54.9 Å². The molecule has 0 amide bonds. The van der Waals surface area contributed by atoms with Crippen LogP contribution in [0.2, 0.25) is 0 Å². The molecule has 0 fully saturated rings. The summed E-state index contributed by atoms with van der Waals surface area (Å²) in [5, 5.41) is 5.17. The normalized spacial score (nSPS) is 11.6. The molecule has 8 rings (SSSR count). The molecule has 0 saturated carbocycles. The van der Waals surface area contributed by atoms with Crippen molar-refractivity contribution in [3.8, 4) is 33.4 Å². The van der Waals surface area contributed by atoms with Crippen LogP contribution in [0.3, 0.4) is 0 Å². The van der Waals surface area contributed by atoms with Crippen molar-refractivity contribution < 1.29 is 49.0 Å². The molecule has 1 aliphatic rings. The summed E-state index contributed by atoms with van der Waals surface area (Å²) in [4.78, 5) is 0. The van der Waals surface area contributed by atoms with E-state index in [9.17, 15) is 0 Å². The van der Waals surface area contributed by atoms with Crippen LogP contribution in [0.1, 0.15) is 116 Å². The molecule has 0 aromatic heterocycles. The smallest absolute Gasteiger partial charge is 0.172 e. The second-order valence-electron chi connectivity index (χ2n) is 17.5. The number of benzene rings is 6. The Labute approximate surface area is 377 Å². The number of hydrogen-bond acceptors (Lipinski definition) is 0. The van der Waals surface area contributed by atoms with E-state index in [1.165, 1.54) is 116 Å². The van der Waals surface area contributed by atoms with Gasteiger partial charge in [-0.2, -0.15) is 18.2 Å². The third-order valence-corrected chi connectivity index (χ3v) is 12.3. The molecule has 58 heavy (non-hydrogen) atoms. The zero-order valence-electron chi connectivity index (χ0n) is 35.9. The monoisotopic (exact) mass is 880 g/mol. The number of hydrogen-bond donors (Lipinski definition) is 0. The Hall–Kier alpha value is -3.48. The minimum absolute atomic E-state index is 0. The van der Waals surface area contributed by atoms with E-state index < -0.39 is 0 Å². The van der Waals surface area contributed by atoms with Gasteiger partial charge in [0.2, 0.25) is 0 Å². The van der Waals surface area contributed by atoms with Crippen molar-refractivity contribution in [2.24, 2.45) is 0 Å². The first kappa shape index (κ1) is 47.2. The molecule has 0 atom stereocenters. The molecule has 3 heteroatoms. The molecule has 0 spiro atoms.